The Hall–Kier alpha value is -3.72. The van der Waals surface area contributed by atoms with E-state index in [-0.39, 0.29) is 16.9 Å². The molecule has 28 heavy (non-hydrogen) atoms. The summed E-state index contributed by atoms with van der Waals surface area (Å²) in [6.45, 7) is 0. The van der Waals surface area contributed by atoms with Crippen molar-refractivity contribution < 1.29 is 24.0 Å². The molecule has 0 saturated carbocycles. The largest absolute Gasteiger partial charge is 0.497 e. The predicted octanol–water partition coefficient (Wildman–Crippen LogP) is 2.92. The lowest BCUT2D eigenvalue weighted by atomic mass is 10.1. The number of nitro benzene ring substituents is 1. The lowest BCUT2D eigenvalue weighted by Crippen LogP contribution is -2.54. The number of imide groups is 2. The summed E-state index contributed by atoms with van der Waals surface area (Å²) in [6, 6.07) is 8.56. The highest BCUT2D eigenvalue weighted by atomic mass is 35.5. The Bertz CT molecular complexity index is 1050. The van der Waals surface area contributed by atoms with Crippen LogP contribution in [0, 0.1) is 10.1 Å². The van der Waals surface area contributed by atoms with Crippen molar-refractivity contribution in [3.63, 3.8) is 0 Å². The second-order valence-corrected chi connectivity index (χ2v) is 6.10. The van der Waals surface area contributed by atoms with E-state index in [0.29, 0.717) is 21.2 Å². The molecule has 0 aromatic heterocycles. The number of benzene rings is 2. The van der Waals surface area contributed by atoms with Crippen LogP contribution >= 0.6 is 11.6 Å². The van der Waals surface area contributed by atoms with Crippen molar-refractivity contribution in [2.24, 2.45) is 0 Å². The Balaban J connectivity index is 2.04. The number of amides is 4. The van der Waals surface area contributed by atoms with Gasteiger partial charge in [-0.25, -0.2) is 9.69 Å². The van der Waals surface area contributed by atoms with Crippen LogP contribution in [0.5, 0.6) is 5.75 Å². The van der Waals surface area contributed by atoms with Crippen LogP contribution in [0.2, 0.25) is 5.02 Å². The monoisotopic (exact) mass is 401 g/mol. The SMILES string of the molecule is COc1cc(Cl)cc(/C=C2\C(=O)NC(=O)N(c3cccc([N+](=O)[O-])c3)C2=O)c1. The lowest BCUT2D eigenvalue weighted by Gasteiger charge is -2.26. The Morgan fingerprint density at radius 1 is 1.18 bits per heavy atom. The van der Waals surface area contributed by atoms with Crippen LogP contribution in [0.25, 0.3) is 6.08 Å². The molecule has 0 radical (unpaired) electrons. The number of methoxy groups -OCH3 is 1. The predicted molar refractivity (Wildman–Crippen MR) is 100 cm³/mol. The van der Waals surface area contributed by atoms with Crippen molar-refractivity contribution >= 4 is 46.9 Å². The Morgan fingerprint density at radius 2 is 1.93 bits per heavy atom. The number of carbonyl (C=O) groups excluding carboxylic acids is 3. The molecule has 1 aliphatic heterocycles. The third-order valence-corrected chi connectivity index (χ3v) is 4.06. The van der Waals surface area contributed by atoms with Crippen LogP contribution in [0.3, 0.4) is 0 Å². The molecule has 3 rings (SSSR count). The van der Waals surface area contributed by atoms with Gasteiger partial charge in [0.05, 0.1) is 17.7 Å². The molecule has 1 aliphatic rings. The number of nitro groups is 1. The van der Waals surface area contributed by atoms with E-state index in [2.05, 4.69) is 0 Å². The molecule has 1 saturated heterocycles. The molecule has 1 fully saturated rings. The van der Waals surface area contributed by atoms with Gasteiger partial charge < -0.3 is 4.74 Å². The first kappa shape index (κ1) is 19.1. The van der Waals surface area contributed by atoms with Gasteiger partial charge in [-0.05, 0) is 35.9 Å². The quantitative estimate of drug-likeness (QED) is 0.364. The van der Waals surface area contributed by atoms with E-state index in [9.17, 15) is 24.5 Å². The number of rotatable bonds is 4. The molecule has 10 heteroatoms. The van der Waals surface area contributed by atoms with Crippen molar-refractivity contribution in [3.8, 4) is 5.75 Å². The molecule has 142 valence electrons. The number of nitrogens with zero attached hydrogens (tertiary/aromatic N) is 2. The van der Waals surface area contributed by atoms with Crippen LogP contribution in [-0.4, -0.2) is 29.9 Å². The van der Waals surface area contributed by atoms with Gasteiger partial charge in [-0.15, -0.1) is 0 Å². The van der Waals surface area contributed by atoms with Crippen LogP contribution in [0.1, 0.15) is 5.56 Å². The Morgan fingerprint density at radius 3 is 2.61 bits per heavy atom. The van der Waals surface area contributed by atoms with Crippen LogP contribution in [0.15, 0.2) is 48.0 Å². The van der Waals surface area contributed by atoms with Crippen molar-refractivity contribution in [1.82, 2.24) is 5.32 Å². The highest BCUT2D eigenvalue weighted by Crippen LogP contribution is 2.27. The molecule has 0 atom stereocenters. The Labute approximate surface area is 163 Å². The van der Waals surface area contributed by atoms with E-state index in [1.54, 1.807) is 12.1 Å². The summed E-state index contributed by atoms with van der Waals surface area (Å²) in [6.07, 6.45) is 1.25. The first-order valence-electron chi connectivity index (χ1n) is 7.80. The number of barbiturate groups is 1. The molecule has 2 aromatic rings. The number of ether oxygens (including phenoxy) is 1. The number of urea groups is 1. The van der Waals surface area contributed by atoms with E-state index in [1.165, 1.54) is 37.5 Å². The molecular formula is C18H12ClN3O6. The number of non-ortho nitro benzene ring substituents is 1. The lowest BCUT2D eigenvalue weighted by molar-refractivity contribution is -0.384. The van der Waals surface area contributed by atoms with E-state index >= 15 is 0 Å². The average molecular weight is 402 g/mol. The number of hydrogen-bond donors (Lipinski definition) is 1. The third-order valence-electron chi connectivity index (χ3n) is 3.84. The molecule has 0 unspecified atom stereocenters. The molecule has 0 spiro atoms. The minimum absolute atomic E-state index is 0.0428. The maximum atomic E-state index is 12.8. The van der Waals surface area contributed by atoms with Crippen molar-refractivity contribution in [3.05, 3.63) is 68.7 Å². The standard InChI is InChI=1S/C18H12ClN3O6/c1-28-14-6-10(5-11(19)8-14)7-15-16(23)20-18(25)21(17(15)24)12-3-2-4-13(9-12)22(26)27/h2-9H,1H3,(H,20,23,25)/b15-7+. The summed E-state index contributed by atoms with van der Waals surface area (Å²) in [7, 11) is 1.43. The smallest absolute Gasteiger partial charge is 0.335 e. The number of halogens is 1. The van der Waals surface area contributed by atoms with Gasteiger partial charge in [-0.1, -0.05) is 17.7 Å². The fourth-order valence-corrected chi connectivity index (χ4v) is 2.82. The van der Waals surface area contributed by atoms with Gasteiger partial charge in [0.15, 0.2) is 0 Å². The van der Waals surface area contributed by atoms with E-state index in [4.69, 9.17) is 16.3 Å². The van der Waals surface area contributed by atoms with Crippen LogP contribution < -0.4 is 15.0 Å². The Kier molecular flexibility index (Phi) is 5.10. The topological polar surface area (TPSA) is 119 Å². The van der Waals surface area contributed by atoms with Crippen LogP contribution in [-0.2, 0) is 9.59 Å². The first-order valence-corrected chi connectivity index (χ1v) is 8.18. The number of hydrogen-bond acceptors (Lipinski definition) is 6. The van der Waals surface area contributed by atoms with Gasteiger partial charge in [-0.3, -0.25) is 25.0 Å². The molecule has 1 N–H and O–H groups in total. The van der Waals surface area contributed by atoms with Gasteiger partial charge in [0.2, 0.25) is 0 Å². The fourth-order valence-electron chi connectivity index (χ4n) is 2.59. The summed E-state index contributed by atoms with van der Waals surface area (Å²) >= 11 is 5.99. The number of nitrogens with one attached hydrogen (secondary N) is 1. The van der Waals surface area contributed by atoms with Gasteiger partial charge in [0, 0.05) is 17.2 Å². The molecule has 9 nitrogen and oxygen atoms in total. The number of carbonyl (C=O) groups is 3. The molecule has 4 amide bonds. The van der Waals surface area contributed by atoms with Gasteiger partial charge in [0.25, 0.3) is 17.5 Å². The molecule has 0 bridgehead atoms. The maximum absolute atomic E-state index is 12.8. The van der Waals surface area contributed by atoms with Crippen molar-refractivity contribution in [1.29, 1.82) is 0 Å². The second kappa shape index (κ2) is 7.49. The molecule has 0 aliphatic carbocycles. The van der Waals surface area contributed by atoms with Gasteiger partial charge in [0.1, 0.15) is 11.3 Å². The molecule has 1 heterocycles. The highest BCUT2D eigenvalue weighted by Gasteiger charge is 2.37. The first-order chi connectivity index (χ1) is 13.3. The zero-order valence-corrected chi connectivity index (χ0v) is 15.1. The third kappa shape index (κ3) is 3.69. The molecule has 2 aromatic carbocycles. The summed E-state index contributed by atoms with van der Waals surface area (Å²) in [5.41, 5.74) is -0.287. The molecular weight excluding hydrogens is 390 g/mol. The normalized spacial score (nSPS) is 15.6. The van der Waals surface area contributed by atoms with E-state index in [1.807, 2.05) is 5.32 Å². The van der Waals surface area contributed by atoms with E-state index < -0.39 is 22.8 Å². The zero-order valence-electron chi connectivity index (χ0n) is 14.3. The summed E-state index contributed by atoms with van der Waals surface area (Å²) in [5, 5.41) is 13.3. The second-order valence-electron chi connectivity index (χ2n) is 5.66. The summed E-state index contributed by atoms with van der Waals surface area (Å²) in [4.78, 5) is 48.1. The van der Waals surface area contributed by atoms with Crippen molar-refractivity contribution in [2.45, 2.75) is 0 Å². The van der Waals surface area contributed by atoms with Crippen LogP contribution in [0.4, 0.5) is 16.2 Å². The average Bonchev–Trinajstić information content (AvgIpc) is 2.64. The summed E-state index contributed by atoms with van der Waals surface area (Å²) < 4.78 is 5.09. The van der Waals surface area contributed by atoms with Crippen molar-refractivity contribution in [2.75, 3.05) is 12.0 Å². The summed E-state index contributed by atoms with van der Waals surface area (Å²) in [5.74, 6) is -1.40. The number of anilines is 1. The fraction of sp³-hybridized carbons (Fsp3) is 0.0556. The van der Waals surface area contributed by atoms with E-state index in [0.717, 1.165) is 6.07 Å². The minimum Gasteiger partial charge on any atom is -0.497 e. The highest BCUT2D eigenvalue weighted by molar-refractivity contribution is 6.39. The van der Waals surface area contributed by atoms with Gasteiger partial charge >= 0.3 is 6.03 Å². The van der Waals surface area contributed by atoms with Gasteiger partial charge in [-0.2, -0.15) is 0 Å². The maximum Gasteiger partial charge on any atom is 0.335 e. The minimum atomic E-state index is -1.00. The zero-order chi connectivity index (χ0) is 20.4.